The summed E-state index contributed by atoms with van der Waals surface area (Å²) in [6.07, 6.45) is 3.51. The van der Waals surface area contributed by atoms with Gasteiger partial charge in [0.15, 0.2) is 0 Å². The minimum atomic E-state index is 0.476. The number of unbranched alkanes of at least 4 members (excludes halogenated alkanes) is 1. The number of rotatable bonds is 8. The van der Waals surface area contributed by atoms with Crippen molar-refractivity contribution in [3.8, 4) is 5.75 Å². The van der Waals surface area contributed by atoms with E-state index < -0.39 is 0 Å². The molecule has 0 saturated carbocycles. The lowest BCUT2D eigenvalue weighted by Gasteiger charge is -2.14. The van der Waals surface area contributed by atoms with Crippen molar-refractivity contribution in [1.29, 1.82) is 0 Å². The van der Waals surface area contributed by atoms with Crippen molar-refractivity contribution in [2.45, 2.75) is 57.4 Å². The summed E-state index contributed by atoms with van der Waals surface area (Å²) in [5.41, 5.74) is 5.52. The zero-order valence-electron chi connectivity index (χ0n) is 16.8. The van der Waals surface area contributed by atoms with Gasteiger partial charge in [0.1, 0.15) is 5.75 Å². The summed E-state index contributed by atoms with van der Waals surface area (Å²) < 4.78 is 8.01. The summed E-state index contributed by atoms with van der Waals surface area (Å²) >= 11 is 1.29. The first-order valence-corrected chi connectivity index (χ1v) is 10.6. The van der Waals surface area contributed by atoms with Crippen LogP contribution >= 0.6 is 11.9 Å². The van der Waals surface area contributed by atoms with Crippen LogP contribution in [0.1, 0.15) is 56.4 Å². The Labute approximate surface area is 167 Å². The summed E-state index contributed by atoms with van der Waals surface area (Å²) in [7, 11) is 1.74. The lowest BCUT2D eigenvalue weighted by molar-refractivity contribution is 0.415. The van der Waals surface area contributed by atoms with Gasteiger partial charge in [-0.05, 0) is 72.2 Å². The van der Waals surface area contributed by atoms with Crippen molar-refractivity contribution in [2.24, 2.45) is 5.14 Å². The third kappa shape index (κ3) is 4.17. The average molecular weight is 383 g/mol. The highest BCUT2D eigenvalue weighted by molar-refractivity contribution is 7.97. The Hall–Kier alpha value is -1.91. The third-order valence-corrected chi connectivity index (χ3v) is 5.71. The van der Waals surface area contributed by atoms with E-state index in [1.54, 1.807) is 7.11 Å². The number of hydrogen-bond acceptors (Lipinski definition) is 3. The van der Waals surface area contributed by atoms with Gasteiger partial charge in [0.25, 0.3) is 0 Å². The number of fused-ring (bicyclic) bond motifs is 1. The van der Waals surface area contributed by atoms with Gasteiger partial charge in [-0.25, -0.2) is 0 Å². The number of nitrogens with two attached hydrogens (primary N) is 1. The topological polar surface area (TPSA) is 40.2 Å². The van der Waals surface area contributed by atoms with E-state index in [2.05, 4.69) is 67.8 Å². The van der Waals surface area contributed by atoms with Crippen molar-refractivity contribution in [2.75, 3.05) is 7.11 Å². The molecule has 0 aliphatic carbocycles. The SMILES string of the molecule is CCCCc1c(C(C)C)c2cc(OC)ccc2n1Cc1ccc(SN)cc1. The molecule has 27 heavy (non-hydrogen) atoms. The highest BCUT2D eigenvalue weighted by Crippen LogP contribution is 2.35. The van der Waals surface area contributed by atoms with Crippen LogP contribution in [0.15, 0.2) is 47.4 Å². The van der Waals surface area contributed by atoms with Crippen molar-refractivity contribution in [3.63, 3.8) is 0 Å². The van der Waals surface area contributed by atoms with Crippen molar-refractivity contribution >= 4 is 22.9 Å². The van der Waals surface area contributed by atoms with Gasteiger partial charge in [-0.2, -0.15) is 0 Å². The van der Waals surface area contributed by atoms with Gasteiger partial charge in [-0.1, -0.05) is 39.3 Å². The molecule has 0 fully saturated rings. The fourth-order valence-electron chi connectivity index (χ4n) is 3.83. The number of nitrogens with zero attached hydrogens (tertiary/aromatic N) is 1. The Morgan fingerprint density at radius 2 is 1.85 bits per heavy atom. The van der Waals surface area contributed by atoms with Crippen LogP contribution in [0.4, 0.5) is 0 Å². The molecule has 0 saturated heterocycles. The predicted molar refractivity (Wildman–Crippen MR) is 117 cm³/mol. The Morgan fingerprint density at radius 3 is 2.44 bits per heavy atom. The van der Waals surface area contributed by atoms with Crippen LogP contribution in [0, 0.1) is 0 Å². The zero-order valence-corrected chi connectivity index (χ0v) is 17.6. The molecular weight excluding hydrogens is 352 g/mol. The summed E-state index contributed by atoms with van der Waals surface area (Å²) in [6.45, 7) is 7.72. The Balaban J connectivity index is 2.15. The maximum absolute atomic E-state index is 5.67. The van der Waals surface area contributed by atoms with E-state index in [9.17, 15) is 0 Å². The third-order valence-electron chi connectivity index (χ3n) is 5.17. The average Bonchev–Trinajstić information content (AvgIpc) is 2.99. The van der Waals surface area contributed by atoms with Gasteiger partial charge in [-0.3, -0.25) is 5.14 Å². The van der Waals surface area contributed by atoms with E-state index in [1.807, 2.05) is 0 Å². The van der Waals surface area contributed by atoms with Crippen LogP contribution in [0.25, 0.3) is 10.9 Å². The lowest BCUT2D eigenvalue weighted by Crippen LogP contribution is -2.07. The van der Waals surface area contributed by atoms with Gasteiger partial charge in [-0.15, -0.1) is 0 Å². The monoisotopic (exact) mass is 382 g/mol. The van der Waals surface area contributed by atoms with Crippen molar-refractivity contribution < 1.29 is 4.74 Å². The molecule has 0 radical (unpaired) electrons. The molecule has 3 nitrogen and oxygen atoms in total. The minimum Gasteiger partial charge on any atom is -0.497 e. The highest BCUT2D eigenvalue weighted by atomic mass is 32.2. The standard InChI is InChI=1S/C23H30N2OS/c1-5-6-7-22-23(16(2)3)20-14-18(26-4)10-13-21(20)25(22)15-17-8-11-19(27-24)12-9-17/h8-14,16H,5-7,15,24H2,1-4H3. The summed E-state index contributed by atoms with van der Waals surface area (Å²) in [6, 6.07) is 15.0. The molecule has 144 valence electrons. The van der Waals surface area contributed by atoms with Crippen LogP contribution in [0.3, 0.4) is 0 Å². The molecule has 2 aromatic carbocycles. The van der Waals surface area contributed by atoms with Crippen LogP contribution in [-0.2, 0) is 13.0 Å². The van der Waals surface area contributed by atoms with Crippen molar-refractivity contribution in [3.05, 3.63) is 59.3 Å². The molecule has 3 rings (SSSR count). The van der Waals surface area contributed by atoms with Gasteiger partial charge in [0, 0.05) is 28.0 Å². The number of benzene rings is 2. The van der Waals surface area contributed by atoms with Crippen LogP contribution in [-0.4, -0.2) is 11.7 Å². The van der Waals surface area contributed by atoms with Crippen molar-refractivity contribution in [1.82, 2.24) is 4.57 Å². The summed E-state index contributed by atoms with van der Waals surface area (Å²) in [5, 5.41) is 6.99. The maximum atomic E-state index is 5.67. The smallest absolute Gasteiger partial charge is 0.119 e. The zero-order chi connectivity index (χ0) is 19.4. The molecule has 0 spiro atoms. The van der Waals surface area contributed by atoms with Crippen LogP contribution < -0.4 is 9.88 Å². The minimum absolute atomic E-state index is 0.476. The van der Waals surface area contributed by atoms with Gasteiger partial charge in [0.2, 0.25) is 0 Å². The largest absolute Gasteiger partial charge is 0.497 e. The number of ether oxygens (including phenoxy) is 1. The molecule has 2 N–H and O–H groups in total. The first-order valence-electron chi connectivity index (χ1n) is 9.73. The Bertz CT molecular complexity index is 897. The number of aromatic nitrogens is 1. The first kappa shape index (κ1) is 19.8. The normalized spacial score (nSPS) is 11.5. The summed E-state index contributed by atoms with van der Waals surface area (Å²) in [4.78, 5) is 1.09. The molecule has 1 heterocycles. The van der Waals surface area contributed by atoms with E-state index in [0.29, 0.717) is 5.92 Å². The molecule has 0 unspecified atom stereocenters. The number of methoxy groups -OCH3 is 1. The predicted octanol–water partition coefficient (Wildman–Crippen LogP) is 6.13. The van der Waals surface area contributed by atoms with Crippen LogP contribution in [0.2, 0.25) is 0 Å². The first-order chi connectivity index (χ1) is 13.1. The van der Waals surface area contributed by atoms with Crippen LogP contribution in [0.5, 0.6) is 5.75 Å². The molecule has 1 aromatic heterocycles. The molecule has 0 bridgehead atoms. The fourth-order valence-corrected chi connectivity index (χ4v) is 4.13. The van der Waals surface area contributed by atoms with Gasteiger partial charge >= 0.3 is 0 Å². The molecule has 0 amide bonds. The second-order valence-corrected chi connectivity index (χ2v) is 8.06. The Kier molecular flexibility index (Phi) is 6.51. The van der Waals surface area contributed by atoms with E-state index in [4.69, 9.17) is 9.88 Å². The molecule has 3 aromatic rings. The molecular formula is C23H30N2OS. The molecule has 0 atom stereocenters. The molecule has 0 aliphatic heterocycles. The summed E-state index contributed by atoms with van der Waals surface area (Å²) in [5.74, 6) is 1.40. The van der Waals surface area contributed by atoms with Gasteiger partial charge < -0.3 is 9.30 Å². The fraction of sp³-hybridized carbons (Fsp3) is 0.391. The van der Waals surface area contributed by atoms with E-state index in [0.717, 1.165) is 23.6 Å². The highest BCUT2D eigenvalue weighted by Gasteiger charge is 2.19. The molecule has 4 heteroatoms. The maximum Gasteiger partial charge on any atom is 0.119 e. The van der Waals surface area contributed by atoms with E-state index in [1.165, 1.54) is 52.5 Å². The Morgan fingerprint density at radius 1 is 1.11 bits per heavy atom. The second-order valence-electron chi connectivity index (χ2n) is 7.35. The van der Waals surface area contributed by atoms with E-state index >= 15 is 0 Å². The lowest BCUT2D eigenvalue weighted by atomic mass is 9.97. The molecule has 0 aliphatic rings. The van der Waals surface area contributed by atoms with Gasteiger partial charge in [0.05, 0.1) is 7.11 Å². The quantitative estimate of drug-likeness (QED) is 0.476. The van der Waals surface area contributed by atoms with E-state index in [-0.39, 0.29) is 0 Å². The second kappa shape index (κ2) is 8.85. The number of hydrogen-bond donors (Lipinski definition) is 1.